The highest BCUT2D eigenvalue weighted by molar-refractivity contribution is 7.89. The monoisotopic (exact) mass is 284 g/mol. The number of hydrogen-bond donors (Lipinski definition) is 1. The average Bonchev–Trinajstić information content (AvgIpc) is 2.75. The highest BCUT2D eigenvalue weighted by Gasteiger charge is 2.27. The van der Waals surface area contributed by atoms with E-state index in [1.54, 1.807) is 32.2 Å². The number of rotatable bonds is 4. The van der Waals surface area contributed by atoms with Crippen molar-refractivity contribution in [1.29, 1.82) is 0 Å². The van der Waals surface area contributed by atoms with Gasteiger partial charge in [-0.3, -0.25) is 0 Å². The van der Waals surface area contributed by atoms with E-state index in [0.717, 1.165) is 17.7 Å². The van der Waals surface area contributed by atoms with Crippen molar-refractivity contribution in [2.75, 3.05) is 13.6 Å². The topological polar surface area (TPSA) is 72.6 Å². The molecule has 0 aliphatic carbocycles. The molecule has 0 saturated carbocycles. The molecule has 1 aromatic carbocycles. The summed E-state index contributed by atoms with van der Waals surface area (Å²) in [5.41, 5.74) is 6.48. The maximum Gasteiger partial charge on any atom is 0.243 e. The van der Waals surface area contributed by atoms with Crippen molar-refractivity contribution in [3.05, 3.63) is 23.8 Å². The van der Waals surface area contributed by atoms with Crippen LogP contribution < -0.4 is 10.5 Å². The van der Waals surface area contributed by atoms with Gasteiger partial charge in [-0.05, 0) is 37.6 Å². The fraction of sp³-hybridized carbons (Fsp3) is 0.538. The second-order valence-electron chi connectivity index (χ2n) is 5.01. The summed E-state index contributed by atoms with van der Waals surface area (Å²) < 4.78 is 31.8. The Morgan fingerprint density at radius 2 is 2.21 bits per heavy atom. The van der Waals surface area contributed by atoms with Crippen molar-refractivity contribution >= 4 is 10.0 Å². The predicted molar refractivity (Wildman–Crippen MR) is 73.7 cm³/mol. The van der Waals surface area contributed by atoms with Crippen LogP contribution in [0.2, 0.25) is 0 Å². The SMILES string of the molecule is CC1Cc2cc(S(=O)(=O)N(C)C(C)CN)ccc2O1. The molecule has 0 fully saturated rings. The number of nitrogens with two attached hydrogens (primary N) is 1. The number of likely N-dealkylation sites (N-methyl/N-ethyl adjacent to an activating group) is 1. The van der Waals surface area contributed by atoms with Crippen LogP contribution in [0.15, 0.2) is 23.1 Å². The molecule has 2 atom stereocenters. The van der Waals surface area contributed by atoms with Gasteiger partial charge in [0.15, 0.2) is 0 Å². The summed E-state index contributed by atoms with van der Waals surface area (Å²) in [6.07, 6.45) is 0.850. The molecule has 6 heteroatoms. The summed E-state index contributed by atoms with van der Waals surface area (Å²) in [4.78, 5) is 0.298. The highest BCUT2D eigenvalue weighted by Crippen LogP contribution is 2.31. The zero-order valence-corrected chi connectivity index (χ0v) is 12.3. The lowest BCUT2D eigenvalue weighted by Crippen LogP contribution is -2.39. The van der Waals surface area contributed by atoms with Crippen molar-refractivity contribution in [1.82, 2.24) is 4.31 Å². The molecule has 1 aliphatic rings. The van der Waals surface area contributed by atoms with Crippen LogP contribution in [0.25, 0.3) is 0 Å². The quantitative estimate of drug-likeness (QED) is 0.894. The van der Waals surface area contributed by atoms with Gasteiger partial charge in [0.1, 0.15) is 11.9 Å². The van der Waals surface area contributed by atoms with E-state index in [0.29, 0.717) is 11.4 Å². The third-order valence-electron chi connectivity index (χ3n) is 3.51. The summed E-state index contributed by atoms with van der Waals surface area (Å²) in [6.45, 7) is 4.05. The van der Waals surface area contributed by atoms with Crippen LogP contribution in [-0.2, 0) is 16.4 Å². The highest BCUT2D eigenvalue weighted by atomic mass is 32.2. The van der Waals surface area contributed by atoms with Crippen molar-refractivity contribution < 1.29 is 13.2 Å². The summed E-state index contributed by atoms with van der Waals surface area (Å²) in [7, 11) is -1.94. The second kappa shape index (κ2) is 5.11. The third-order valence-corrected chi connectivity index (χ3v) is 5.47. The van der Waals surface area contributed by atoms with Gasteiger partial charge in [-0.1, -0.05) is 0 Å². The minimum absolute atomic E-state index is 0.105. The Morgan fingerprint density at radius 3 is 2.84 bits per heavy atom. The van der Waals surface area contributed by atoms with Crippen LogP contribution in [0.4, 0.5) is 0 Å². The molecule has 106 valence electrons. The van der Waals surface area contributed by atoms with E-state index in [2.05, 4.69) is 0 Å². The van der Waals surface area contributed by atoms with E-state index in [9.17, 15) is 8.42 Å². The second-order valence-corrected chi connectivity index (χ2v) is 7.01. The Kier molecular flexibility index (Phi) is 3.85. The van der Waals surface area contributed by atoms with Gasteiger partial charge in [0, 0.05) is 26.1 Å². The molecular formula is C13H20N2O3S. The lowest BCUT2D eigenvalue weighted by atomic mass is 10.1. The largest absolute Gasteiger partial charge is 0.490 e. The van der Waals surface area contributed by atoms with E-state index in [-0.39, 0.29) is 12.1 Å². The molecule has 2 N–H and O–H groups in total. The van der Waals surface area contributed by atoms with Gasteiger partial charge in [-0.15, -0.1) is 0 Å². The number of hydrogen-bond acceptors (Lipinski definition) is 4. The average molecular weight is 284 g/mol. The number of benzene rings is 1. The van der Waals surface area contributed by atoms with Gasteiger partial charge in [0.2, 0.25) is 10.0 Å². The maximum absolute atomic E-state index is 12.4. The van der Waals surface area contributed by atoms with Crippen molar-refractivity contribution in [3.8, 4) is 5.75 Å². The van der Waals surface area contributed by atoms with Gasteiger partial charge < -0.3 is 10.5 Å². The van der Waals surface area contributed by atoms with E-state index < -0.39 is 10.0 Å². The Bertz CT molecular complexity index is 571. The van der Waals surface area contributed by atoms with E-state index in [4.69, 9.17) is 10.5 Å². The van der Waals surface area contributed by atoms with E-state index in [1.807, 2.05) is 6.92 Å². The molecule has 19 heavy (non-hydrogen) atoms. The number of ether oxygens (including phenoxy) is 1. The minimum atomic E-state index is -3.49. The molecule has 0 saturated heterocycles. The first kappa shape index (κ1) is 14.3. The number of fused-ring (bicyclic) bond motifs is 1. The van der Waals surface area contributed by atoms with Crippen LogP contribution in [0, 0.1) is 0 Å². The molecule has 1 aliphatic heterocycles. The lowest BCUT2D eigenvalue weighted by Gasteiger charge is -2.23. The first-order valence-corrected chi connectivity index (χ1v) is 7.78. The summed E-state index contributed by atoms with van der Waals surface area (Å²) >= 11 is 0. The Labute approximate surface area is 114 Å². The molecule has 0 aromatic heterocycles. The van der Waals surface area contributed by atoms with Crippen molar-refractivity contribution in [2.45, 2.75) is 37.3 Å². The molecule has 0 bridgehead atoms. The van der Waals surface area contributed by atoms with Crippen LogP contribution in [0.1, 0.15) is 19.4 Å². The van der Waals surface area contributed by atoms with Crippen LogP contribution >= 0.6 is 0 Å². The smallest absolute Gasteiger partial charge is 0.243 e. The summed E-state index contributed by atoms with van der Waals surface area (Å²) in [5, 5.41) is 0. The molecule has 0 amide bonds. The molecule has 5 nitrogen and oxygen atoms in total. The first-order chi connectivity index (χ1) is 8.86. The molecule has 1 heterocycles. The van der Waals surface area contributed by atoms with Gasteiger partial charge in [0.25, 0.3) is 0 Å². The number of sulfonamides is 1. The molecule has 0 radical (unpaired) electrons. The Morgan fingerprint density at radius 1 is 1.53 bits per heavy atom. The Hall–Kier alpha value is -1.11. The minimum Gasteiger partial charge on any atom is -0.490 e. The van der Waals surface area contributed by atoms with E-state index in [1.165, 1.54) is 4.31 Å². The molecular weight excluding hydrogens is 264 g/mol. The van der Waals surface area contributed by atoms with Crippen molar-refractivity contribution in [3.63, 3.8) is 0 Å². The summed E-state index contributed by atoms with van der Waals surface area (Å²) in [5.74, 6) is 0.779. The summed E-state index contributed by atoms with van der Waals surface area (Å²) in [6, 6.07) is 4.79. The van der Waals surface area contributed by atoms with Gasteiger partial charge >= 0.3 is 0 Å². The molecule has 2 unspecified atom stereocenters. The zero-order chi connectivity index (χ0) is 14.2. The zero-order valence-electron chi connectivity index (χ0n) is 11.5. The predicted octanol–water partition coefficient (Wildman–Crippen LogP) is 0.978. The van der Waals surface area contributed by atoms with Gasteiger partial charge in [-0.25, -0.2) is 8.42 Å². The van der Waals surface area contributed by atoms with Crippen LogP contribution in [-0.4, -0.2) is 38.5 Å². The number of nitrogens with zero attached hydrogens (tertiary/aromatic N) is 1. The third kappa shape index (κ3) is 2.61. The van der Waals surface area contributed by atoms with Crippen LogP contribution in [0.3, 0.4) is 0 Å². The van der Waals surface area contributed by atoms with Crippen molar-refractivity contribution in [2.24, 2.45) is 5.73 Å². The maximum atomic E-state index is 12.4. The normalized spacial score (nSPS) is 20.2. The van der Waals surface area contributed by atoms with Gasteiger partial charge in [0.05, 0.1) is 4.90 Å². The fourth-order valence-corrected chi connectivity index (χ4v) is 3.53. The Balaban J connectivity index is 2.35. The lowest BCUT2D eigenvalue weighted by molar-refractivity contribution is 0.254. The molecule has 0 spiro atoms. The molecule has 2 rings (SSSR count). The van der Waals surface area contributed by atoms with E-state index >= 15 is 0 Å². The first-order valence-electron chi connectivity index (χ1n) is 6.34. The standard InChI is InChI=1S/C13H20N2O3S/c1-9(8-14)15(3)19(16,17)12-4-5-13-11(7-12)6-10(2)18-13/h4-5,7,9-10H,6,8,14H2,1-3H3. The van der Waals surface area contributed by atoms with Gasteiger partial charge in [-0.2, -0.15) is 4.31 Å². The molecule has 1 aromatic rings. The van der Waals surface area contributed by atoms with Crippen LogP contribution in [0.5, 0.6) is 5.75 Å². The fourth-order valence-electron chi connectivity index (χ4n) is 2.11.